The Morgan fingerprint density at radius 1 is 1.17 bits per heavy atom. The molecule has 7 heteroatoms. The van der Waals surface area contributed by atoms with Gasteiger partial charge in [0.1, 0.15) is 0 Å². The third-order valence-corrected chi connectivity index (χ3v) is 6.28. The Balaban J connectivity index is 0.00000256. The summed E-state index contributed by atoms with van der Waals surface area (Å²) in [6.07, 6.45) is 6.86. The number of hydrogen-bond acceptors (Lipinski definition) is 4. The molecule has 0 saturated carbocycles. The van der Waals surface area contributed by atoms with Crippen molar-refractivity contribution in [3.63, 3.8) is 0 Å². The van der Waals surface area contributed by atoms with Gasteiger partial charge in [0.25, 0.3) is 5.91 Å². The zero-order valence-corrected chi connectivity index (χ0v) is 18.5. The van der Waals surface area contributed by atoms with Crippen molar-refractivity contribution in [3.8, 4) is 0 Å². The Morgan fingerprint density at radius 2 is 1.97 bits per heavy atom. The molecule has 1 saturated heterocycles. The molecule has 2 aromatic rings. The van der Waals surface area contributed by atoms with Gasteiger partial charge in [-0.15, -0.1) is 12.4 Å². The van der Waals surface area contributed by atoms with E-state index in [-0.39, 0.29) is 18.3 Å². The van der Waals surface area contributed by atoms with Gasteiger partial charge in [0.15, 0.2) is 5.69 Å². The second-order valence-corrected chi connectivity index (χ2v) is 8.39. The topological polar surface area (TPSA) is 73.0 Å². The van der Waals surface area contributed by atoms with Crippen LogP contribution in [0.25, 0.3) is 0 Å². The minimum Gasteiger partial charge on any atom is -0.351 e. The fourth-order valence-electron chi connectivity index (χ4n) is 4.52. The molecule has 0 unspecified atom stereocenters. The number of nitrogens with one attached hydrogen (secondary N) is 3. The summed E-state index contributed by atoms with van der Waals surface area (Å²) in [7, 11) is 0. The Labute approximate surface area is 185 Å². The lowest BCUT2D eigenvalue weighted by Crippen LogP contribution is -2.35. The highest BCUT2D eigenvalue weighted by atomic mass is 35.5. The molecule has 0 radical (unpaired) electrons. The van der Waals surface area contributed by atoms with Gasteiger partial charge in [0.2, 0.25) is 0 Å². The SMILES string of the molecule is Cl.O=C(NCCCCN1CCC(Cc2ccccc2)CC1)c1n[nH]c2c1CNCC2. The molecule has 6 nitrogen and oxygen atoms in total. The van der Waals surface area contributed by atoms with E-state index in [1.807, 2.05) is 0 Å². The van der Waals surface area contributed by atoms with E-state index in [0.29, 0.717) is 5.69 Å². The predicted octanol–water partition coefficient (Wildman–Crippen LogP) is 2.94. The number of amides is 1. The van der Waals surface area contributed by atoms with Gasteiger partial charge in [0, 0.05) is 37.3 Å². The molecule has 1 aromatic heterocycles. The van der Waals surface area contributed by atoms with Crippen LogP contribution in [-0.2, 0) is 19.4 Å². The van der Waals surface area contributed by atoms with Crippen LogP contribution in [0, 0.1) is 5.92 Å². The predicted molar refractivity (Wildman–Crippen MR) is 122 cm³/mol. The molecule has 1 amide bonds. The Hall–Kier alpha value is -1.89. The third-order valence-electron chi connectivity index (χ3n) is 6.28. The number of rotatable bonds is 8. The van der Waals surface area contributed by atoms with Crippen molar-refractivity contribution < 1.29 is 4.79 Å². The van der Waals surface area contributed by atoms with Crippen molar-refractivity contribution in [3.05, 3.63) is 52.8 Å². The first-order valence-electron chi connectivity index (χ1n) is 11.1. The van der Waals surface area contributed by atoms with E-state index in [9.17, 15) is 4.79 Å². The summed E-state index contributed by atoms with van der Waals surface area (Å²) < 4.78 is 0. The lowest BCUT2D eigenvalue weighted by Gasteiger charge is -2.32. The van der Waals surface area contributed by atoms with Gasteiger partial charge in [-0.05, 0) is 63.2 Å². The number of likely N-dealkylation sites (tertiary alicyclic amines) is 1. The Morgan fingerprint density at radius 3 is 2.77 bits per heavy atom. The average Bonchev–Trinajstić information content (AvgIpc) is 3.20. The van der Waals surface area contributed by atoms with Crippen LogP contribution in [0.2, 0.25) is 0 Å². The number of nitrogens with zero attached hydrogens (tertiary/aromatic N) is 2. The second-order valence-electron chi connectivity index (χ2n) is 8.39. The summed E-state index contributed by atoms with van der Waals surface area (Å²) in [5, 5.41) is 13.6. The number of aromatic nitrogens is 2. The van der Waals surface area contributed by atoms with Gasteiger partial charge in [-0.1, -0.05) is 30.3 Å². The van der Waals surface area contributed by atoms with Crippen LogP contribution >= 0.6 is 12.4 Å². The van der Waals surface area contributed by atoms with Gasteiger partial charge < -0.3 is 15.5 Å². The number of piperidine rings is 1. The van der Waals surface area contributed by atoms with Crippen molar-refractivity contribution in [2.45, 2.75) is 45.1 Å². The smallest absolute Gasteiger partial charge is 0.272 e. The molecule has 164 valence electrons. The first kappa shape index (κ1) is 22.8. The average molecular weight is 432 g/mol. The number of aromatic amines is 1. The summed E-state index contributed by atoms with van der Waals surface area (Å²) in [6, 6.07) is 10.9. The number of hydrogen-bond donors (Lipinski definition) is 3. The first-order valence-corrected chi connectivity index (χ1v) is 11.1. The van der Waals surface area contributed by atoms with Crippen LogP contribution in [0.15, 0.2) is 30.3 Å². The van der Waals surface area contributed by atoms with Gasteiger partial charge in [-0.3, -0.25) is 9.89 Å². The van der Waals surface area contributed by atoms with E-state index < -0.39 is 0 Å². The Bertz CT molecular complexity index is 786. The number of benzene rings is 1. The summed E-state index contributed by atoms with van der Waals surface area (Å²) in [5.41, 5.74) is 4.17. The maximum atomic E-state index is 12.4. The van der Waals surface area contributed by atoms with Gasteiger partial charge in [-0.2, -0.15) is 5.10 Å². The van der Waals surface area contributed by atoms with Crippen molar-refractivity contribution >= 4 is 18.3 Å². The maximum Gasteiger partial charge on any atom is 0.272 e. The highest BCUT2D eigenvalue weighted by Gasteiger charge is 2.21. The molecule has 3 N–H and O–H groups in total. The van der Waals surface area contributed by atoms with Crippen LogP contribution in [-0.4, -0.2) is 53.7 Å². The summed E-state index contributed by atoms with van der Waals surface area (Å²) in [5.74, 6) is 0.773. The monoisotopic (exact) mass is 431 g/mol. The maximum absolute atomic E-state index is 12.4. The summed E-state index contributed by atoms with van der Waals surface area (Å²) in [4.78, 5) is 15.0. The van der Waals surface area contributed by atoms with E-state index in [0.717, 1.165) is 62.6 Å². The molecular weight excluding hydrogens is 398 g/mol. The summed E-state index contributed by atoms with van der Waals surface area (Å²) >= 11 is 0. The van der Waals surface area contributed by atoms with Crippen LogP contribution in [0.1, 0.15) is 53.0 Å². The molecule has 3 heterocycles. The van der Waals surface area contributed by atoms with Crippen LogP contribution in [0.3, 0.4) is 0 Å². The molecule has 2 aliphatic heterocycles. The molecule has 0 atom stereocenters. The van der Waals surface area contributed by atoms with Crippen LogP contribution in [0.4, 0.5) is 0 Å². The quantitative estimate of drug-likeness (QED) is 0.562. The van der Waals surface area contributed by atoms with E-state index in [1.165, 1.54) is 37.9 Å². The number of unbranched alkanes of at least 4 members (excludes halogenated alkanes) is 1. The lowest BCUT2D eigenvalue weighted by molar-refractivity contribution is 0.0946. The first-order chi connectivity index (χ1) is 14.3. The minimum absolute atomic E-state index is 0. The van der Waals surface area contributed by atoms with Gasteiger partial charge >= 0.3 is 0 Å². The molecule has 2 aliphatic rings. The van der Waals surface area contributed by atoms with Crippen molar-refractivity contribution in [2.24, 2.45) is 5.92 Å². The lowest BCUT2D eigenvalue weighted by atomic mass is 9.90. The highest BCUT2D eigenvalue weighted by Crippen LogP contribution is 2.22. The van der Waals surface area contributed by atoms with E-state index in [4.69, 9.17) is 0 Å². The molecule has 0 spiro atoms. The molecular formula is C23H34ClN5O. The largest absolute Gasteiger partial charge is 0.351 e. The minimum atomic E-state index is -0.0482. The summed E-state index contributed by atoms with van der Waals surface area (Å²) in [6.45, 7) is 5.94. The zero-order chi connectivity index (χ0) is 19.9. The highest BCUT2D eigenvalue weighted by molar-refractivity contribution is 5.94. The van der Waals surface area contributed by atoms with E-state index in [2.05, 4.69) is 56.1 Å². The number of H-pyrrole nitrogens is 1. The molecule has 30 heavy (non-hydrogen) atoms. The zero-order valence-electron chi connectivity index (χ0n) is 17.7. The standard InChI is InChI=1S/C23H33N5O.ClH/c29-23(22-20-17-24-12-8-21(20)26-27-22)25-11-4-5-13-28-14-9-19(10-15-28)16-18-6-2-1-3-7-18;/h1-3,6-7,19,24H,4-5,8-17H2,(H,25,29)(H,26,27);1H. The fraction of sp³-hybridized carbons (Fsp3) is 0.565. The third kappa shape index (κ3) is 6.06. The van der Waals surface area contributed by atoms with Crippen molar-refractivity contribution in [1.82, 2.24) is 25.7 Å². The number of fused-ring (bicyclic) bond motifs is 1. The van der Waals surface area contributed by atoms with Crippen molar-refractivity contribution in [2.75, 3.05) is 32.7 Å². The Kier molecular flexibility index (Phi) is 8.73. The fourth-order valence-corrected chi connectivity index (χ4v) is 4.52. The normalized spacial score (nSPS) is 17.2. The molecule has 1 fully saturated rings. The molecule has 1 aromatic carbocycles. The van der Waals surface area contributed by atoms with E-state index in [1.54, 1.807) is 0 Å². The second kappa shape index (κ2) is 11.5. The molecule has 0 aliphatic carbocycles. The molecule has 4 rings (SSSR count). The van der Waals surface area contributed by atoms with Gasteiger partial charge in [-0.25, -0.2) is 0 Å². The molecule has 0 bridgehead atoms. The number of carbonyl (C=O) groups excluding carboxylic acids is 1. The van der Waals surface area contributed by atoms with Crippen LogP contribution in [0.5, 0.6) is 0 Å². The number of carbonyl (C=O) groups is 1. The van der Waals surface area contributed by atoms with Crippen molar-refractivity contribution in [1.29, 1.82) is 0 Å². The van der Waals surface area contributed by atoms with Gasteiger partial charge in [0.05, 0.1) is 0 Å². The van der Waals surface area contributed by atoms with E-state index >= 15 is 0 Å². The van der Waals surface area contributed by atoms with Crippen LogP contribution < -0.4 is 10.6 Å². The number of halogens is 1.